The van der Waals surface area contributed by atoms with E-state index in [2.05, 4.69) is 21.5 Å². The molecule has 2 aliphatic rings. The summed E-state index contributed by atoms with van der Waals surface area (Å²) in [7, 11) is 1.37. The van der Waals surface area contributed by atoms with Crippen LogP contribution in [0.25, 0.3) is 27.2 Å². The fourth-order valence-electron chi connectivity index (χ4n) is 4.59. The van der Waals surface area contributed by atoms with Gasteiger partial charge in [0.05, 0.1) is 17.5 Å². The fraction of sp³-hybridized carbons (Fsp3) is 0.280. The van der Waals surface area contributed by atoms with Gasteiger partial charge in [-0.25, -0.2) is 13.2 Å². The molecular formula is C25H21ClF3N5O2. The predicted molar refractivity (Wildman–Crippen MR) is 131 cm³/mol. The number of rotatable bonds is 4. The molecule has 0 radical (unpaired) electrons. The summed E-state index contributed by atoms with van der Waals surface area (Å²) in [6.45, 7) is 4.17. The van der Waals surface area contributed by atoms with E-state index in [0.29, 0.717) is 41.8 Å². The average molecular weight is 516 g/mol. The number of nitrogens with zero attached hydrogens (tertiary/aromatic N) is 5. The van der Waals surface area contributed by atoms with Crippen LogP contribution in [0.2, 0.25) is 0 Å². The smallest absolute Gasteiger partial charge is 0.318 e. The normalized spacial score (nSPS) is 15.8. The number of aromatic nitrogens is 3. The minimum absolute atomic E-state index is 0.0178. The largest absolute Gasteiger partial charge is 0.467 e. The molecule has 0 unspecified atom stereocenters. The molecule has 11 heteroatoms. The van der Waals surface area contributed by atoms with Gasteiger partial charge in [0.1, 0.15) is 22.9 Å². The standard InChI is InChI=1S/C25H21ClF3N5O2/c1-13(27)24(35)34-10-8-33(9-11-34)23-16-12-30-21(20(29)22(16)31-25(32-23)36-2)15-5-3-4-14-6-7-17(28)19(26)18(14)15/h3-5,12H,1,6-11H2,2H3. The number of aryl methyl sites for hydroxylation is 1. The summed E-state index contributed by atoms with van der Waals surface area (Å²) in [6, 6.07) is 5.18. The number of hydrogen-bond donors (Lipinski definition) is 0. The quantitative estimate of drug-likeness (QED) is 0.465. The first-order chi connectivity index (χ1) is 17.3. The van der Waals surface area contributed by atoms with E-state index in [-0.39, 0.29) is 41.8 Å². The zero-order valence-corrected chi connectivity index (χ0v) is 20.1. The Morgan fingerprint density at radius 2 is 1.89 bits per heavy atom. The zero-order valence-electron chi connectivity index (χ0n) is 19.3. The van der Waals surface area contributed by atoms with E-state index in [4.69, 9.17) is 16.3 Å². The highest BCUT2D eigenvalue weighted by Gasteiger charge is 2.28. The number of benzene rings is 1. The molecule has 36 heavy (non-hydrogen) atoms. The summed E-state index contributed by atoms with van der Waals surface area (Å²) in [5, 5.41) is 0.293. The van der Waals surface area contributed by atoms with Gasteiger partial charge in [-0.05, 0) is 12.0 Å². The average Bonchev–Trinajstić information content (AvgIpc) is 2.90. The molecule has 1 aliphatic carbocycles. The van der Waals surface area contributed by atoms with Crippen LogP contribution >= 0.6 is 11.6 Å². The van der Waals surface area contributed by atoms with Crippen molar-refractivity contribution in [3.8, 4) is 17.3 Å². The van der Waals surface area contributed by atoms with Crippen LogP contribution in [0, 0.1) is 5.82 Å². The maximum Gasteiger partial charge on any atom is 0.318 e. The second kappa shape index (κ2) is 9.42. The lowest BCUT2D eigenvalue weighted by Crippen LogP contribution is -2.49. The number of amides is 1. The van der Waals surface area contributed by atoms with Gasteiger partial charge in [-0.2, -0.15) is 9.97 Å². The van der Waals surface area contributed by atoms with Gasteiger partial charge in [-0.15, -0.1) is 0 Å². The molecule has 186 valence electrons. The van der Waals surface area contributed by atoms with E-state index in [1.165, 1.54) is 18.2 Å². The Kier molecular flexibility index (Phi) is 6.29. The Bertz CT molecular complexity index is 1440. The number of halogens is 4. The molecule has 3 aromatic rings. The highest BCUT2D eigenvalue weighted by molar-refractivity contribution is 6.50. The topological polar surface area (TPSA) is 71.5 Å². The fourth-order valence-corrected chi connectivity index (χ4v) is 4.91. The van der Waals surface area contributed by atoms with Gasteiger partial charge >= 0.3 is 6.01 Å². The van der Waals surface area contributed by atoms with Crippen LogP contribution in [0.15, 0.2) is 42.6 Å². The van der Waals surface area contributed by atoms with Gasteiger partial charge in [-0.1, -0.05) is 36.4 Å². The monoisotopic (exact) mass is 515 g/mol. The maximum absolute atomic E-state index is 16.0. The minimum atomic E-state index is -1.02. The van der Waals surface area contributed by atoms with Crippen molar-refractivity contribution in [1.82, 2.24) is 19.9 Å². The number of ether oxygens (including phenoxy) is 1. The van der Waals surface area contributed by atoms with E-state index in [1.807, 2.05) is 11.0 Å². The minimum Gasteiger partial charge on any atom is -0.467 e. The maximum atomic E-state index is 16.0. The molecule has 0 spiro atoms. The first-order valence-corrected chi connectivity index (χ1v) is 11.6. The summed E-state index contributed by atoms with van der Waals surface area (Å²) in [5.74, 6) is -2.57. The van der Waals surface area contributed by atoms with E-state index < -0.39 is 23.4 Å². The van der Waals surface area contributed by atoms with Crippen LogP contribution in [0.4, 0.5) is 19.0 Å². The highest BCUT2D eigenvalue weighted by Crippen LogP contribution is 2.42. The third-order valence-electron chi connectivity index (χ3n) is 6.40. The van der Waals surface area contributed by atoms with Crippen molar-refractivity contribution in [2.24, 2.45) is 0 Å². The number of allylic oxidation sites excluding steroid dienone is 1. The molecule has 0 atom stereocenters. The van der Waals surface area contributed by atoms with Crippen molar-refractivity contribution in [2.45, 2.75) is 12.8 Å². The van der Waals surface area contributed by atoms with Crippen molar-refractivity contribution in [1.29, 1.82) is 0 Å². The van der Waals surface area contributed by atoms with Crippen LogP contribution in [-0.4, -0.2) is 59.0 Å². The van der Waals surface area contributed by atoms with Gasteiger partial charge in [0.15, 0.2) is 11.6 Å². The number of pyridine rings is 1. The summed E-state index contributed by atoms with van der Waals surface area (Å²) < 4.78 is 48.8. The molecule has 1 amide bonds. The molecule has 5 rings (SSSR count). The third-order valence-corrected chi connectivity index (χ3v) is 6.80. The van der Waals surface area contributed by atoms with Crippen molar-refractivity contribution in [3.05, 3.63) is 59.6 Å². The van der Waals surface area contributed by atoms with Crippen LogP contribution in [0.1, 0.15) is 17.5 Å². The van der Waals surface area contributed by atoms with Gasteiger partial charge < -0.3 is 14.5 Å². The number of fused-ring (bicyclic) bond motifs is 2. The van der Waals surface area contributed by atoms with Gasteiger partial charge in [0.2, 0.25) is 0 Å². The van der Waals surface area contributed by atoms with E-state index in [9.17, 15) is 13.6 Å². The first-order valence-electron chi connectivity index (χ1n) is 11.3. The Morgan fingerprint density at radius 3 is 2.58 bits per heavy atom. The highest BCUT2D eigenvalue weighted by atomic mass is 35.5. The third kappa shape index (κ3) is 4.05. The van der Waals surface area contributed by atoms with E-state index in [1.54, 1.807) is 12.1 Å². The predicted octanol–water partition coefficient (Wildman–Crippen LogP) is 4.79. The van der Waals surface area contributed by atoms with Gasteiger partial charge in [-0.3, -0.25) is 9.78 Å². The Hall–Kier alpha value is -3.66. The number of carbonyl (C=O) groups excluding carboxylic acids is 1. The van der Waals surface area contributed by atoms with Crippen LogP contribution in [-0.2, 0) is 11.2 Å². The van der Waals surface area contributed by atoms with Crippen molar-refractivity contribution in [3.63, 3.8) is 0 Å². The lowest BCUT2D eigenvalue weighted by Gasteiger charge is -2.35. The number of methoxy groups -OCH3 is 1. The molecule has 2 aromatic heterocycles. The van der Waals surface area contributed by atoms with E-state index in [0.717, 1.165) is 5.56 Å². The van der Waals surface area contributed by atoms with E-state index >= 15 is 4.39 Å². The molecule has 0 N–H and O–H groups in total. The molecule has 7 nitrogen and oxygen atoms in total. The Morgan fingerprint density at radius 1 is 1.14 bits per heavy atom. The van der Waals surface area contributed by atoms with Crippen LogP contribution < -0.4 is 9.64 Å². The number of hydrogen-bond acceptors (Lipinski definition) is 6. The SMILES string of the molecule is C=C(F)C(=O)N1CCN(c2nc(OC)nc3c(F)c(-c4cccc5c4C(Cl)=C(F)CC5)ncc23)CC1. The second-order valence-corrected chi connectivity index (χ2v) is 8.84. The van der Waals surface area contributed by atoms with Gasteiger partial charge in [0.25, 0.3) is 5.91 Å². The lowest BCUT2D eigenvalue weighted by molar-refractivity contribution is -0.128. The number of piperazine rings is 1. The van der Waals surface area contributed by atoms with Crippen LogP contribution in [0.3, 0.4) is 0 Å². The summed E-state index contributed by atoms with van der Waals surface area (Å²) in [6.07, 6.45) is 2.10. The van der Waals surface area contributed by atoms with Crippen molar-refractivity contribution < 1.29 is 22.7 Å². The lowest BCUT2D eigenvalue weighted by atomic mass is 9.90. The number of carbonyl (C=O) groups is 1. The molecule has 1 aromatic carbocycles. The Balaban J connectivity index is 1.59. The molecule has 1 fully saturated rings. The molecule has 0 bridgehead atoms. The number of anilines is 1. The zero-order chi connectivity index (χ0) is 25.6. The summed E-state index contributed by atoms with van der Waals surface area (Å²) in [4.78, 5) is 28.1. The molecule has 1 aliphatic heterocycles. The molecular weight excluding hydrogens is 495 g/mol. The molecule has 1 saturated heterocycles. The van der Waals surface area contributed by atoms with Gasteiger partial charge in [0, 0.05) is 49.9 Å². The Labute approximate surface area is 209 Å². The summed E-state index contributed by atoms with van der Waals surface area (Å²) in [5.41, 5.74) is 1.56. The van der Waals surface area contributed by atoms with Crippen molar-refractivity contribution >= 4 is 39.3 Å². The van der Waals surface area contributed by atoms with Crippen molar-refractivity contribution in [2.75, 3.05) is 38.2 Å². The second-order valence-electron chi connectivity index (χ2n) is 8.46. The molecule has 3 heterocycles. The van der Waals surface area contributed by atoms with Crippen LogP contribution in [0.5, 0.6) is 6.01 Å². The first kappa shape index (κ1) is 24.1. The molecule has 0 saturated carbocycles. The summed E-state index contributed by atoms with van der Waals surface area (Å²) >= 11 is 6.30.